The molecule has 0 aliphatic carbocycles. The first-order valence-corrected chi connectivity index (χ1v) is 9.15. The minimum absolute atomic E-state index is 1.18. The van der Waals surface area contributed by atoms with E-state index in [0.29, 0.717) is 0 Å². The quantitative estimate of drug-likeness (QED) is 0.680. The van der Waals surface area contributed by atoms with Crippen molar-refractivity contribution >= 4 is 16.9 Å². The fourth-order valence-corrected chi connectivity index (χ4v) is 3.42. The molecule has 130 valence electrons. The van der Waals surface area contributed by atoms with Gasteiger partial charge in [0.25, 0.3) is 0 Å². The lowest BCUT2D eigenvalue weighted by Gasteiger charge is -2.29. The molecular weight excluding hydrogens is 304 g/mol. The Balaban J connectivity index is 1.85. The van der Waals surface area contributed by atoms with Gasteiger partial charge in [-0.25, -0.2) is 0 Å². The van der Waals surface area contributed by atoms with E-state index in [-0.39, 0.29) is 0 Å². The average Bonchev–Trinajstić information content (AvgIpc) is 2.67. The average molecular weight is 332 g/mol. The van der Waals surface area contributed by atoms with Gasteiger partial charge >= 0.3 is 0 Å². The van der Waals surface area contributed by atoms with Crippen molar-refractivity contribution in [2.24, 2.45) is 0 Å². The summed E-state index contributed by atoms with van der Waals surface area (Å²) in [6, 6.07) is 17.7. The number of hydrogen-bond donors (Lipinski definition) is 0. The highest BCUT2D eigenvalue weighted by molar-refractivity contribution is 5.82. The molecular formula is C23H28N2. The van der Waals surface area contributed by atoms with Gasteiger partial charge in [0.2, 0.25) is 0 Å². The summed E-state index contributed by atoms with van der Waals surface area (Å²) in [5.74, 6) is 0. The molecule has 0 unspecified atom stereocenters. The predicted molar refractivity (Wildman–Crippen MR) is 111 cm³/mol. The van der Waals surface area contributed by atoms with Crippen molar-refractivity contribution in [3.63, 3.8) is 0 Å². The first-order chi connectivity index (χ1) is 12.2. The van der Waals surface area contributed by atoms with Gasteiger partial charge in [-0.3, -0.25) is 0 Å². The zero-order valence-corrected chi connectivity index (χ0v) is 15.4. The lowest BCUT2D eigenvalue weighted by Crippen LogP contribution is -2.29. The number of hydrogen-bond acceptors (Lipinski definition) is 2. The molecule has 1 aliphatic rings. The maximum atomic E-state index is 3.90. The van der Waals surface area contributed by atoms with Gasteiger partial charge in [0.05, 0.1) is 0 Å². The summed E-state index contributed by atoms with van der Waals surface area (Å²) in [5.41, 5.74) is 6.21. The minimum Gasteiger partial charge on any atom is -0.378 e. The molecule has 0 bridgehead atoms. The van der Waals surface area contributed by atoms with E-state index in [0.717, 1.165) is 0 Å². The molecule has 2 aromatic carbocycles. The predicted octanol–water partition coefficient (Wildman–Crippen LogP) is 5.36. The largest absolute Gasteiger partial charge is 0.378 e. The van der Waals surface area contributed by atoms with Crippen LogP contribution in [0.5, 0.6) is 0 Å². The summed E-state index contributed by atoms with van der Waals surface area (Å²) in [4.78, 5) is 4.62. The molecule has 0 aromatic heterocycles. The standard InChI is InChI=1S/C23H28N2/c1-4-8-23(19-9-13-21(14-10-19)24(2)3)20-11-15-22(16-12-20)25-17-6-5-7-18-25/h4,8-16H,1,5-7,17-18H2,2-3H3/b23-8+. The van der Waals surface area contributed by atoms with Crippen LogP contribution < -0.4 is 9.80 Å². The Morgan fingerprint density at radius 1 is 0.880 bits per heavy atom. The highest BCUT2D eigenvalue weighted by Gasteiger charge is 2.11. The van der Waals surface area contributed by atoms with Crippen LogP contribution in [0, 0.1) is 0 Å². The summed E-state index contributed by atoms with van der Waals surface area (Å²) in [5, 5.41) is 0. The molecule has 0 N–H and O–H groups in total. The van der Waals surface area contributed by atoms with E-state index in [4.69, 9.17) is 0 Å². The third-order valence-electron chi connectivity index (χ3n) is 4.88. The highest BCUT2D eigenvalue weighted by atomic mass is 15.1. The maximum absolute atomic E-state index is 3.90. The van der Waals surface area contributed by atoms with E-state index in [1.54, 1.807) is 0 Å². The van der Waals surface area contributed by atoms with Crippen molar-refractivity contribution in [2.45, 2.75) is 19.3 Å². The van der Waals surface area contributed by atoms with Crippen molar-refractivity contribution in [1.29, 1.82) is 0 Å². The second-order valence-corrected chi connectivity index (χ2v) is 6.85. The molecule has 1 heterocycles. The fraction of sp³-hybridized carbons (Fsp3) is 0.304. The van der Waals surface area contributed by atoms with Crippen LogP contribution in [0.25, 0.3) is 5.57 Å². The number of anilines is 2. The normalized spacial score (nSPS) is 15.1. The molecule has 2 aromatic rings. The Hall–Kier alpha value is -2.48. The first-order valence-electron chi connectivity index (χ1n) is 9.15. The molecule has 0 saturated carbocycles. The Bertz CT molecular complexity index is 718. The third kappa shape index (κ3) is 4.14. The second-order valence-electron chi connectivity index (χ2n) is 6.85. The second kappa shape index (κ2) is 8.06. The molecule has 25 heavy (non-hydrogen) atoms. The van der Waals surface area contributed by atoms with Crippen LogP contribution in [-0.4, -0.2) is 27.2 Å². The third-order valence-corrected chi connectivity index (χ3v) is 4.88. The van der Waals surface area contributed by atoms with Gasteiger partial charge in [0.15, 0.2) is 0 Å². The fourth-order valence-electron chi connectivity index (χ4n) is 3.42. The molecule has 3 rings (SSSR count). The molecule has 0 spiro atoms. The first kappa shape index (κ1) is 17.3. The van der Waals surface area contributed by atoms with E-state index in [1.807, 2.05) is 6.08 Å². The van der Waals surface area contributed by atoms with E-state index in [2.05, 4.69) is 85.1 Å². The van der Waals surface area contributed by atoms with E-state index in [1.165, 1.54) is 60.4 Å². The summed E-state index contributed by atoms with van der Waals surface area (Å²) >= 11 is 0. The van der Waals surface area contributed by atoms with Crippen LogP contribution in [0.1, 0.15) is 30.4 Å². The van der Waals surface area contributed by atoms with Crippen LogP contribution in [0.15, 0.2) is 67.3 Å². The molecule has 2 nitrogen and oxygen atoms in total. The molecule has 0 radical (unpaired) electrons. The summed E-state index contributed by atoms with van der Waals surface area (Å²) < 4.78 is 0. The van der Waals surface area contributed by atoms with Crippen molar-refractivity contribution in [1.82, 2.24) is 0 Å². The van der Waals surface area contributed by atoms with Crippen LogP contribution in [0.3, 0.4) is 0 Å². The monoisotopic (exact) mass is 332 g/mol. The number of allylic oxidation sites excluding steroid dienone is 2. The van der Waals surface area contributed by atoms with E-state index >= 15 is 0 Å². The molecule has 2 heteroatoms. The molecule has 1 saturated heterocycles. The Morgan fingerprint density at radius 3 is 1.96 bits per heavy atom. The molecule has 1 aliphatic heterocycles. The van der Waals surface area contributed by atoms with Gasteiger partial charge in [0.1, 0.15) is 0 Å². The van der Waals surface area contributed by atoms with Gasteiger partial charge in [-0.1, -0.05) is 43.0 Å². The van der Waals surface area contributed by atoms with Gasteiger partial charge in [-0.2, -0.15) is 0 Å². The zero-order valence-electron chi connectivity index (χ0n) is 15.4. The SMILES string of the molecule is C=C/C=C(\c1ccc(N(C)C)cc1)c1ccc(N2CCCCC2)cc1. The van der Waals surface area contributed by atoms with Crippen molar-refractivity contribution in [3.05, 3.63) is 78.4 Å². The zero-order chi connectivity index (χ0) is 17.6. The van der Waals surface area contributed by atoms with Gasteiger partial charge in [-0.15, -0.1) is 0 Å². The lowest BCUT2D eigenvalue weighted by atomic mass is 9.96. The maximum Gasteiger partial charge on any atom is 0.0366 e. The Morgan fingerprint density at radius 2 is 1.44 bits per heavy atom. The van der Waals surface area contributed by atoms with E-state index in [9.17, 15) is 0 Å². The summed E-state index contributed by atoms with van der Waals surface area (Å²) in [6.45, 7) is 6.26. The van der Waals surface area contributed by atoms with Crippen molar-refractivity contribution < 1.29 is 0 Å². The lowest BCUT2D eigenvalue weighted by molar-refractivity contribution is 0.578. The number of rotatable bonds is 5. The van der Waals surface area contributed by atoms with Gasteiger partial charge in [0, 0.05) is 38.6 Å². The molecule has 0 atom stereocenters. The van der Waals surface area contributed by atoms with Gasteiger partial charge < -0.3 is 9.80 Å². The topological polar surface area (TPSA) is 6.48 Å². The Labute approximate surface area is 152 Å². The van der Waals surface area contributed by atoms with Crippen molar-refractivity contribution in [3.8, 4) is 0 Å². The summed E-state index contributed by atoms with van der Waals surface area (Å²) in [7, 11) is 4.13. The molecule has 1 fully saturated rings. The Kier molecular flexibility index (Phi) is 5.60. The minimum atomic E-state index is 1.18. The van der Waals surface area contributed by atoms with Crippen molar-refractivity contribution in [2.75, 3.05) is 37.0 Å². The van der Waals surface area contributed by atoms with Crippen LogP contribution >= 0.6 is 0 Å². The number of piperidine rings is 1. The van der Waals surface area contributed by atoms with Gasteiger partial charge in [-0.05, 0) is 60.2 Å². The van der Waals surface area contributed by atoms with Crippen LogP contribution in [0.4, 0.5) is 11.4 Å². The molecule has 0 amide bonds. The van der Waals surface area contributed by atoms with Crippen LogP contribution in [0.2, 0.25) is 0 Å². The highest BCUT2D eigenvalue weighted by Crippen LogP contribution is 2.28. The van der Waals surface area contributed by atoms with Crippen LogP contribution in [-0.2, 0) is 0 Å². The summed E-state index contributed by atoms with van der Waals surface area (Å²) in [6.07, 6.45) is 7.95. The smallest absolute Gasteiger partial charge is 0.0366 e. The van der Waals surface area contributed by atoms with E-state index < -0.39 is 0 Å². The number of benzene rings is 2. The number of nitrogens with zero attached hydrogens (tertiary/aromatic N) is 2.